The van der Waals surface area contributed by atoms with Crippen molar-refractivity contribution in [2.24, 2.45) is 4.99 Å². The molecule has 0 heterocycles. The Balaban J connectivity index is 2.50. The Labute approximate surface area is 92.7 Å². The van der Waals surface area contributed by atoms with Crippen LogP contribution in [-0.2, 0) is 10.3 Å². The second kappa shape index (κ2) is 3.69. The van der Waals surface area contributed by atoms with E-state index in [1.807, 2.05) is 0 Å². The number of carbonyl (C=O) groups excluding carboxylic acids is 1. The van der Waals surface area contributed by atoms with Gasteiger partial charge in [0, 0.05) is 10.6 Å². The number of ether oxygens (including phenoxy) is 1. The predicted octanol–water partition coefficient (Wildman–Crippen LogP) is 2.67. The Morgan fingerprint density at radius 1 is 1.53 bits per heavy atom. The van der Waals surface area contributed by atoms with Crippen LogP contribution in [0.5, 0.6) is 5.75 Å². The second-order valence-corrected chi connectivity index (χ2v) is 4.02. The van der Waals surface area contributed by atoms with Gasteiger partial charge in [0.25, 0.3) is 0 Å². The zero-order chi connectivity index (χ0) is 10.9. The summed E-state index contributed by atoms with van der Waals surface area (Å²) >= 11 is 5.91. The molecule has 1 aliphatic carbocycles. The molecular formula is C11H10ClNO2. The van der Waals surface area contributed by atoms with Crippen molar-refractivity contribution in [3.8, 4) is 5.75 Å². The van der Waals surface area contributed by atoms with Crippen molar-refractivity contribution in [3.05, 3.63) is 28.8 Å². The molecule has 1 aromatic carbocycles. The lowest BCUT2D eigenvalue weighted by Crippen LogP contribution is -2.04. The summed E-state index contributed by atoms with van der Waals surface area (Å²) in [6.45, 7) is 0. The number of halogens is 1. The average molecular weight is 224 g/mol. The van der Waals surface area contributed by atoms with E-state index in [9.17, 15) is 4.79 Å². The quantitative estimate of drug-likeness (QED) is 0.584. The molecule has 0 N–H and O–H groups in total. The molecule has 1 fully saturated rings. The van der Waals surface area contributed by atoms with Gasteiger partial charge in [0.05, 0.1) is 7.11 Å². The summed E-state index contributed by atoms with van der Waals surface area (Å²) in [6.07, 6.45) is 3.31. The van der Waals surface area contributed by atoms with Crippen LogP contribution < -0.4 is 4.74 Å². The topological polar surface area (TPSA) is 38.7 Å². The lowest BCUT2D eigenvalue weighted by atomic mass is 10.0. The number of hydrogen-bond acceptors (Lipinski definition) is 3. The Morgan fingerprint density at radius 2 is 2.27 bits per heavy atom. The minimum Gasteiger partial charge on any atom is -0.496 e. The van der Waals surface area contributed by atoms with Crippen molar-refractivity contribution in [2.75, 3.05) is 7.11 Å². The van der Waals surface area contributed by atoms with E-state index in [-0.39, 0.29) is 0 Å². The van der Waals surface area contributed by atoms with Crippen molar-refractivity contribution in [1.29, 1.82) is 0 Å². The molecule has 15 heavy (non-hydrogen) atoms. The van der Waals surface area contributed by atoms with Crippen LogP contribution in [0.3, 0.4) is 0 Å². The van der Waals surface area contributed by atoms with Crippen LogP contribution in [0.4, 0.5) is 0 Å². The Morgan fingerprint density at radius 3 is 2.80 bits per heavy atom. The summed E-state index contributed by atoms with van der Waals surface area (Å²) < 4.78 is 5.22. The van der Waals surface area contributed by atoms with Crippen LogP contribution in [-0.4, -0.2) is 13.2 Å². The summed E-state index contributed by atoms with van der Waals surface area (Å²) in [4.78, 5) is 14.2. The van der Waals surface area contributed by atoms with Gasteiger partial charge >= 0.3 is 0 Å². The van der Waals surface area contributed by atoms with Gasteiger partial charge in [-0.05, 0) is 31.0 Å². The summed E-state index contributed by atoms with van der Waals surface area (Å²) in [5, 5.41) is 0.623. The molecule has 0 amide bonds. The third-order valence-corrected chi connectivity index (χ3v) is 2.88. The van der Waals surface area contributed by atoms with Crippen LogP contribution in [0.25, 0.3) is 0 Å². The van der Waals surface area contributed by atoms with E-state index in [0.29, 0.717) is 5.02 Å². The normalized spacial score (nSPS) is 16.7. The van der Waals surface area contributed by atoms with Crippen LogP contribution in [0.15, 0.2) is 23.2 Å². The van der Waals surface area contributed by atoms with E-state index in [1.54, 1.807) is 31.4 Å². The number of aliphatic imine (C=N–C) groups is 1. The molecule has 0 bridgehead atoms. The molecule has 1 aliphatic rings. The maximum Gasteiger partial charge on any atom is 0.235 e. The first-order chi connectivity index (χ1) is 7.22. The zero-order valence-electron chi connectivity index (χ0n) is 8.29. The minimum absolute atomic E-state index is 0.433. The van der Waals surface area contributed by atoms with Gasteiger partial charge in [-0.3, -0.25) is 0 Å². The van der Waals surface area contributed by atoms with E-state index in [0.717, 1.165) is 24.2 Å². The highest BCUT2D eigenvalue weighted by atomic mass is 35.5. The molecule has 1 aromatic rings. The molecule has 0 saturated heterocycles. The highest BCUT2D eigenvalue weighted by molar-refractivity contribution is 6.30. The fraction of sp³-hybridized carbons (Fsp3) is 0.364. The summed E-state index contributed by atoms with van der Waals surface area (Å²) in [7, 11) is 1.59. The monoisotopic (exact) mass is 223 g/mol. The molecule has 1 saturated carbocycles. The van der Waals surface area contributed by atoms with E-state index in [4.69, 9.17) is 16.3 Å². The van der Waals surface area contributed by atoms with Crippen LogP contribution in [0, 0.1) is 0 Å². The van der Waals surface area contributed by atoms with Crippen molar-refractivity contribution >= 4 is 17.7 Å². The van der Waals surface area contributed by atoms with Crippen LogP contribution in [0.1, 0.15) is 18.4 Å². The number of hydrogen-bond donors (Lipinski definition) is 0. The number of rotatable bonds is 3. The van der Waals surface area contributed by atoms with Gasteiger partial charge in [0.1, 0.15) is 11.3 Å². The summed E-state index contributed by atoms with van der Waals surface area (Å²) in [6, 6.07) is 5.34. The number of benzene rings is 1. The average Bonchev–Trinajstić information content (AvgIpc) is 2.99. The number of nitrogens with zero attached hydrogens (tertiary/aromatic N) is 1. The molecule has 78 valence electrons. The van der Waals surface area contributed by atoms with Gasteiger partial charge in [-0.15, -0.1) is 0 Å². The van der Waals surface area contributed by atoms with Gasteiger partial charge in [-0.1, -0.05) is 11.6 Å². The van der Waals surface area contributed by atoms with E-state index >= 15 is 0 Å². The van der Waals surface area contributed by atoms with Crippen LogP contribution in [0.2, 0.25) is 5.02 Å². The summed E-state index contributed by atoms with van der Waals surface area (Å²) in [5.74, 6) is 0.718. The molecule has 0 aromatic heterocycles. The number of methoxy groups -OCH3 is 1. The van der Waals surface area contributed by atoms with Crippen LogP contribution >= 0.6 is 11.6 Å². The molecule has 0 aliphatic heterocycles. The maximum absolute atomic E-state index is 10.4. The van der Waals surface area contributed by atoms with Gasteiger partial charge in [-0.25, -0.2) is 4.79 Å². The first kappa shape index (κ1) is 10.2. The second-order valence-electron chi connectivity index (χ2n) is 3.58. The highest BCUT2D eigenvalue weighted by Crippen LogP contribution is 2.52. The van der Waals surface area contributed by atoms with Crippen molar-refractivity contribution in [1.82, 2.24) is 0 Å². The van der Waals surface area contributed by atoms with Crippen molar-refractivity contribution in [2.45, 2.75) is 18.4 Å². The lowest BCUT2D eigenvalue weighted by molar-refractivity contribution is 0.404. The fourth-order valence-electron chi connectivity index (χ4n) is 1.69. The molecule has 4 heteroatoms. The Bertz CT molecular complexity index is 434. The highest BCUT2D eigenvalue weighted by Gasteiger charge is 2.46. The van der Waals surface area contributed by atoms with Gasteiger partial charge in [0.15, 0.2) is 0 Å². The predicted molar refractivity (Wildman–Crippen MR) is 57.0 cm³/mol. The maximum atomic E-state index is 10.4. The molecule has 0 radical (unpaired) electrons. The Kier molecular flexibility index (Phi) is 2.51. The smallest absolute Gasteiger partial charge is 0.235 e. The third-order valence-electron chi connectivity index (χ3n) is 2.65. The van der Waals surface area contributed by atoms with Gasteiger partial charge in [-0.2, -0.15) is 4.99 Å². The Hall–Kier alpha value is -1.31. The molecule has 2 rings (SSSR count). The van der Waals surface area contributed by atoms with Crippen molar-refractivity contribution < 1.29 is 9.53 Å². The minimum atomic E-state index is -0.433. The van der Waals surface area contributed by atoms with E-state index < -0.39 is 5.54 Å². The van der Waals surface area contributed by atoms with Crippen molar-refractivity contribution in [3.63, 3.8) is 0 Å². The molecule has 0 spiro atoms. The first-order valence-corrected chi connectivity index (χ1v) is 5.03. The fourth-order valence-corrected chi connectivity index (χ4v) is 1.86. The van der Waals surface area contributed by atoms with E-state index in [2.05, 4.69) is 4.99 Å². The third kappa shape index (κ3) is 1.76. The molecule has 0 unspecified atom stereocenters. The lowest BCUT2D eigenvalue weighted by Gasteiger charge is -2.13. The molecular weight excluding hydrogens is 214 g/mol. The van der Waals surface area contributed by atoms with Gasteiger partial charge < -0.3 is 4.74 Å². The van der Waals surface area contributed by atoms with Gasteiger partial charge in [0.2, 0.25) is 6.08 Å². The van der Waals surface area contributed by atoms with E-state index in [1.165, 1.54) is 0 Å². The zero-order valence-corrected chi connectivity index (χ0v) is 9.04. The summed E-state index contributed by atoms with van der Waals surface area (Å²) in [5.41, 5.74) is 0.443. The standard InChI is InChI=1S/C11H10ClNO2/c1-15-10-3-2-8(12)6-9(10)11(4-5-11)13-7-14/h2-3,6H,4-5H2,1H3. The first-order valence-electron chi connectivity index (χ1n) is 4.65. The molecule has 3 nitrogen and oxygen atoms in total. The number of isocyanates is 1. The molecule has 0 atom stereocenters. The largest absolute Gasteiger partial charge is 0.496 e. The SMILES string of the molecule is COc1ccc(Cl)cc1C1(N=C=O)CC1.